The monoisotopic (exact) mass is 566 g/mol. The van der Waals surface area contributed by atoms with E-state index in [4.69, 9.17) is 13.9 Å². The molecule has 0 spiro atoms. The van der Waals surface area contributed by atoms with Crippen molar-refractivity contribution in [2.75, 3.05) is 13.2 Å². The Morgan fingerprint density at radius 2 is 1.25 bits per heavy atom. The number of carbonyl (C=O) groups is 2. The zero-order valence-electron chi connectivity index (χ0n) is 25.6. The molecule has 0 aromatic heterocycles. The molecule has 218 valence electrons. The van der Waals surface area contributed by atoms with Crippen molar-refractivity contribution in [1.29, 1.82) is 0 Å². The molecule has 0 N–H and O–H groups in total. The number of nitrogens with zero attached hydrogens (tertiary/aromatic N) is 2. The first-order chi connectivity index (χ1) is 18.5. The summed E-state index contributed by atoms with van der Waals surface area (Å²) in [5.74, 6) is 0.517. The predicted octanol–water partition coefficient (Wildman–Crippen LogP) is 5.97. The third-order valence-corrected chi connectivity index (χ3v) is 12.5. The Kier molecular flexibility index (Phi) is 8.18. The number of benzene rings is 2. The van der Waals surface area contributed by atoms with Crippen LogP contribution in [0.3, 0.4) is 0 Å². The van der Waals surface area contributed by atoms with Crippen LogP contribution < -0.4 is 10.4 Å². The molecule has 0 bridgehead atoms. The molecule has 2 aliphatic rings. The van der Waals surface area contributed by atoms with Crippen molar-refractivity contribution >= 4 is 30.9 Å². The second-order valence-electron chi connectivity index (χ2n) is 14.1. The molecule has 2 amide bonds. The van der Waals surface area contributed by atoms with E-state index in [1.54, 1.807) is 0 Å². The fourth-order valence-electron chi connectivity index (χ4n) is 5.81. The summed E-state index contributed by atoms with van der Waals surface area (Å²) < 4.78 is 18.8. The molecule has 3 atom stereocenters. The largest absolute Gasteiger partial charge is 0.442 e. The van der Waals surface area contributed by atoms with E-state index in [1.165, 1.54) is 20.4 Å². The van der Waals surface area contributed by atoms with Crippen molar-refractivity contribution in [3.05, 3.63) is 60.7 Å². The van der Waals surface area contributed by atoms with Crippen LogP contribution in [0.15, 0.2) is 60.7 Å². The van der Waals surface area contributed by atoms with Crippen LogP contribution in [0.2, 0.25) is 5.04 Å². The summed E-state index contributed by atoms with van der Waals surface area (Å²) >= 11 is 0. The highest BCUT2D eigenvalue weighted by molar-refractivity contribution is 6.99. The number of ether oxygens (including phenoxy) is 2. The summed E-state index contributed by atoms with van der Waals surface area (Å²) in [7, 11) is -2.86. The second kappa shape index (κ2) is 10.9. The summed E-state index contributed by atoms with van der Waals surface area (Å²) in [5, 5.41) is 5.07. The van der Waals surface area contributed by atoms with E-state index in [-0.39, 0.29) is 23.6 Å². The van der Waals surface area contributed by atoms with Crippen LogP contribution in [0.5, 0.6) is 0 Å². The van der Waals surface area contributed by atoms with E-state index in [0.29, 0.717) is 12.5 Å². The van der Waals surface area contributed by atoms with E-state index < -0.39 is 31.7 Å². The highest BCUT2D eigenvalue weighted by Gasteiger charge is 2.58. The lowest BCUT2D eigenvalue weighted by atomic mass is 10.1. The molecule has 2 aromatic carbocycles. The van der Waals surface area contributed by atoms with Crippen molar-refractivity contribution in [2.24, 2.45) is 11.8 Å². The van der Waals surface area contributed by atoms with Crippen LogP contribution in [-0.4, -0.2) is 60.9 Å². The number of hydrazine groups is 1. The SMILES string of the molecule is CC(C)(C)OC(=O)N1CC2CC2C(CO[Si](c2ccccc2)(c2ccccc2)C(C)(C)C)N1C(=O)OC(C)(C)C. The predicted molar refractivity (Wildman–Crippen MR) is 160 cm³/mol. The average Bonchev–Trinajstić information content (AvgIpc) is 3.62. The maximum Gasteiger partial charge on any atom is 0.429 e. The molecule has 8 heteroatoms. The van der Waals surface area contributed by atoms with E-state index in [1.807, 2.05) is 53.7 Å². The van der Waals surface area contributed by atoms with Crippen LogP contribution in [0.25, 0.3) is 0 Å². The fourth-order valence-corrected chi connectivity index (χ4v) is 10.4. The minimum absolute atomic E-state index is 0.213. The number of hydrogen-bond donors (Lipinski definition) is 0. The van der Waals surface area contributed by atoms with Crippen molar-refractivity contribution in [3.63, 3.8) is 0 Å². The highest BCUT2D eigenvalue weighted by atomic mass is 28.4. The topological polar surface area (TPSA) is 68.3 Å². The van der Waals surface area contributed by atoms with Crippen LogP contribution in [0.4, 0.5) is 9.59 Å². The summed E-state index contributed by atoms with van der Waals surface area (Å²) in [6.07, 6.45) is -0.174. The van der Waals surface area contributed by atoms with Gasteiger partial charge in [0.25, 0.3) is 8.32 Å². The van der Waals surface area contributed by atoms with Gasteiger partial charge in [-0.25, -0.2) is 19.6 Å². The average molecular weight is 567 g/mol. The standard InChI is InChI=1S/C32H46N2O5Si/c1-30(2,3)38-28(35)33-21-23-20-26(23)27(34(33)29(36)39-31(4,5)6)22-37-40(32(7,8)9,24-16-12-10-13-17-24)25-18-14-11-15-19-25/h10-19,23,26-27H,20-22H2,1-9H3. The first-order valence-electron chi connectivity index (χ1n) is 14.3. The molecule has 40 heavy (non-hydrogen) atoms. The van der Waals surface area contributed by atoms with Crippen molar-refractivity contribution < 1.29 is 23.5 Å². The van der Waals surface area contributed by atoms with Gasteiger partial charge in [-0.15, -0.1) is 0 Å². The van der Waals surface area contributed by atoms with Gasteiger partial charge in [-0.3, -0.25) is 0 Å². The fraction of sp³-hybridized carbons (Fsp3) is 0.562. The smallest absolute Gasteiger partial charge is 0.429 e. The lowest BCUT2D eigenvalue weighted by molar-refractivity contribution is -0.104. The van der Waals surface area contributed by atoms with Gasteiger partial charge in [-0.1, -0.05) is 81.4 Å². The quantitative estimate of drug-likeness (QED) is 0.417. The van der Waals surface area contributed by atoms with Gasteiger partial charge in [0.2, 0.25) is 0 Å². The Hall–Kier alpha value is -2.84. The van der Waals surface area contributed by atoms with Gasteiger partial charge in [-0.2, -0.15) is 0 Å². The van der Waals surface area contributed by atoms with Gasteiger partial charge in [-0.05, 0) is 75.2 Å². The molecule has 4 rings (SSSR count). The van der Waals surface area contributed by atoms with Crippen molar-refractivity contribution in [2.45, 2.75) is 91.0 Å². The Bertz CT molecular complexity index is 1140. The summed E-state index contributed by atoms with van der Waals surface area (Å²) in [4.78, 5) is 27.2. The summed E-state index contributed by atoms with van der Waals surface area (Å²) in [6.45, 7) is 18.4. The molecule has 3 unspecified atom stereocenters. The molecule has 1 aliphatic carbocycles. The van der Waals surface area contributed by atoms with Gasteiger partial charge in [0.1, 0.15) is 11.2 Å². The number of hydrogen-bond acceptors (Lipinski definition) is 5. The van der Waals surface area contributed by atoms with Crippen LogP contribution in [-0.2, 0) is 13.9 Å². The van der Waals surface area contributed by atoms with E-state index in [2.05, 4.69) is 69.3 Å². The first kappa shape index (κ1) is 30.1. The number of fused-ring (bicyclic) bond motifs is 1. The molecule has 1 aliphatic heterocycles. The van der Waals surface area contributed by atoms with Gasteiger partial charge in [0.15, 0.2) is 0 Å². The van der Waals surface area contributed by atoms with Crippen molar-refractivity contribution in [1.82, 2.24) is 10.0 Å². The zero-order chi connectivity index (χ0) is 29.5. The summed E-state index contributed by atoms with van der Waals surface area (Å²) in [5.41, 5.74) is -1.42. The molecule has 1 heterocycles. The number of rotatable bonds is 5. The third-order valence-electron chi connectivity index (χ3n) is 7.53. The Morgan fingerprint density at radius 1 is 0.775 bits per heavy atom. The molecule has 1 saturated carbocycles. The summed E-state index contributed by atoms with van der Waals surface area (Å²) in [6, 6.07) is 20.6. The molecule has 7 nitrogen and oxygen atoms in total. The minimum atomic E-state index is -2.86. The lowest BCUT2D eigenvalue weighted by Gasteiger charge is -2.47. The van der Waals surface area contributed by atoms with Gasteiger partial charge >= 0.3 is 12.2 Å². The maximum atomic E-state index is 13.7. The maximum absolute atomic E-state index is 13.7. The zero-order valence-corrected chi connectivity index (χ0v) is 26.6. The van der Waals surface area contributed by atoms with Gasteiger partial charge < -0.3 is 13.9 Å². The molecular weight excluding hydrogens is 520 g/mol. The van der Waals surface area contributed by atoms with Crippen LogP contribution in [0, 0.1) is 11.8 Å². The normalized spacial score (nSPS) is 21.5. The number of carbonyl (C=O) groups excluding carboxylic acids is 2. The molecular formula is C32H46N2O5Si. The Labute approximate surface area is 240 Å². The van der Waals surface area contributed by atoms with E-state index in [0.717, 1.165) is 6.42 Å². The molecule has 0 radical (unpaired) electrons. The molecule has 1 saturated heterocycles. The lowest BCUT2D eigenvalue weighted by Crippen LogP contribution is -2.68. The third kappa shape index (κ3) is 6.38. The first-order valence-corrected chi connectivity index (χ1v) is 16.2. The van der Waals surface area contributed by atoms with Gasteiger partial charge in [0.05, 0.1) is 12.6 Å². The van der Waals surface area contributed by atoms with Crippen molar-refractivity contribution in [3.8, 4) is 0 Å². The van der Waals surface area contributed by atoms with Crippen LogP contribution >= 0.6 is 0 Å². The van der Waals surface area contributed by atoms with E-state index in [9.17, 15) is 9.59 Å². The molecule has 2 fully saturated rings. The minimum Gasteiger partial charge on any atom is -0.442 e. The van der Waals surface area contributed by atoms with Gasteiger partial charge in [0, 0.05) is 6.54 Å². The van der Waals surface area contributed by atoms with Crippen LogP contribution in [0.1, 0.15) is 68.7 Å². The molecule has 2 aromatic rings. The Balaban J connectivity index is 1.75. The highest BCUT2D eigenvalue weighted by Crippen LogP contribution is 2.49. The Morgan fingerprint density at radius 3 is 1.70 bits per heavy atom. The second-order valence-corrected chi connectivity index (χ2v) is 18.4. The van der Waals surface area contributed by atoms with E-state index >= 15 is 0 Å². The number of amides is 2.